The van der Waals surface area contributed by atoms with Crippen molar-refractivity contribution >= 4 is 34.4 Å². The highest BCUT2D eigenvalue weighted by Gasteiger charge is 2.31. The van der Waals surface area contributed by atoms with E-state index < -0.39 is 6.89 Å². The number of fused-ring (bicyclic) bond motifs is 1. The van der Waals surface area contributed by atoms with Crippen LogP contribution in [0.15, 0.2) is 115 Å². The SMILES string of the molecule is O=C(C=P(c1ccccc1)(c1ccccc1)c1ccccc1)C1Cc2ccccc2C1. The zero-order valence-electron chi connectivity index (χ0n) is 17.4. The van der Waals surface area contributed by atoms with Crippen LogP contribution in [0.25, 0.3) is 0 Å². The van der Waals surface area contributed by atoms with Gasteiger partial charge in [0.15, 0.2) is 5.78 Å². The molecule has 31 heavy (non-hydrogen) atoms. The fourth-order valence-electron chi connectivity index (χ4n) is 4.72. The molecule has 1 nitrogen and oxygen atoms in total. The number of Topliss-reactive ketones (excluding diaryl/α,β-unsaturated/α-hetero) is 1. The normalized spacial score (nSPS) is 13.5. The molecule has 1 aliphatic carbocycles. The highest BCUT2D eigenvalue weighted by atomic mass is 31.2. The highest BCUT2D eigenvalue weighted by molar-refractivity contribution is 7.95. The van der Waals surface area contributed by atoms with Gasteiger partial charge in [-0.3, -0.25) is 4.79 Å². The molecule has 0 amide bonds. The summed E-state index contributed by atoms with van der Waals surface area (Å²) in [5, 5.41) is 3.66. The van der Waals surface area contributed by atoms with Gasteiger partial charge in [-0.1, -0.05) is 115 Å². The monoisotopic (exact) mass is 420 g/mol. The van der Waals surface area contributed by atoms with E-state index >= 15 is 0 Å². The number of hydrogen-bond acceptors (Lipinski definition) is 1. The Labute approximate surface area is 184 Å². The molecule has 5 rings (SSSR count). The molecule has 0 radical (unpaired) electrons. The Morgan fingerprint density at radius 2 is 0.935 bits per heavy atom. The molecular formula is C29H25OP. The predicted molar refractivity (Wildman–Crippen MR) is 134 cm³/mol. The number of carbonyl (C=O) groups excluding carboxylic acids is 1. The number of carbonyl (C=O) groups is 1. The summed E-state index contributed by atoms with van der Waals surface area (Å²) in [4.78, 5) is 13.8. The van der Waals surface area contributed by atoms with Crippen molar-refractivity contribution in [1.82, 2.24) is 0 Å². The van der Waals surface area contributed by atoms with Gasteiger partial charge in [0.2, 0.25) is 0 Å². The van der Waals surface area contributed by atoms with Gasteiger partial charge in [0, 0.05) is 5.92 Å². The summed E-state index contributed by atoms with van der Waals surface area (Å²) < 4.78 is 0. The van der Waals surface area contributed by atoms with E-state index in [1.165, 1.54) is 27.0 Å². The number of benzene rings is 4. The highest BCUT2D eigenvalue weighted by Crippen LogP contribution is 2.44. The van der Waals surface area contributed by atoms with Crippen LogP contribution in [0.5, 0.6) is 0 Å². The van der Waals surface area contributed by atoms with E-state index in [2.05, 4.69) is 103 Å². The lowest BCUT2D eigenvalue weighted by molar-refractivity contribution is -0.115. The molecule has 152 valence electrons. The fraction of sp³-hybridized carbons (Fsp3) is 0.103. The maximum Gasteiger partial charge on any atom is 0.160 e. The average molecular weight is 420 g/mol. The average Bonchev–Trinajstić information content (AvgIpc) is 3.29. The zero-order valence-corrected chi connectivity index (χ0v) is 18.3. The Morgan fingerprint density at radius 1 is 0.581 bits per heavy atom. The van der Waals surface area contributed by atoms with Crippen molar-refractivity contribution in [1.29, 1.82) is 0 Å². The number of hydrogen-bond donors (Lipinski definition) is 0. The first-order chi connectivity index (χ1) is 15.3. The third kappa shape index (κ3) is 3.71. The minimum atomic E-state index is -2.23. The zero-order chi connectivity index (χ0) is 21.1. The lowest BCUT2D eigenvalue weighted by atomic mass is 10.0. The molecule has 4 aromatic rings. The molecule has 0 spiro atoms. The summed E-state index contributed by atoms with van der Waals surface area (Å²) in [6, 6.07) is 40.2. The molecule has 0 aliphatic heterocycles. The van der Waals surface area contributed by atoms with E-state index in [-0.39, 0.29) is 11.7 Å². The smallest absolute Gasteiger partial charge is 0.160 e. The minimum Gasteiger partial charge on any atom is -0.294 e. The summed E-state index contributed by atoms with van der Waals surface area (Å²) in [7, 11) is 0. The van der Waals surface area contributed by atoms with Crippen LogP contribution >= 0.6 is 6.89 Å². The standard InChI is InChI=1S/C29H25OP/c30-29(25-20-23-12-10-11-13-24(23)21-25)22-31(26-14-4-1-5-15-26,27-16-6-2-7-17-27)28-18-8-3-9-19-28/h1-19,22,25H,20-21H2. The second-order valence-electron chi connectivity index (χ2n) is 8.13. The van der Waals surface area contributed by atoms with Crippen LogP contribution in [0.1, 0.15) is 11.1 Å². The maximum absolute atomic E-state index is 13.8. The van der Waals surface area contributed by atoms with Crippen LogP contribution in [0.3, 0.4) is 0 Å². The van der Waals surface area contributed by atoms with Crippen molar-refractivity contribution in [2.24, 2.45) is 5.92 Å². The van der Waals surface area contributed by atoms with Crippen molar-refractivity contribution in [3.8, 4) is 0 Å². The van der Waals surface area contributed by atoms with Gasteiger partial charge in [0.05, 0.1) is 0 Å². The quantitative estimate of drug-likeness (QED) is 0.425. The third-order valence-corrected chi connectivity index (χ3v) is 10.2. The Kier molecular flexibility index (Phi) is 5.45. The molecule has 0 N–H and O–H groups in total. The summed E-state index contributed by atoms with van der Waals surface area (Å²) in [6.07, 6.45) is 1.67. The first-order valence-electron chi connectivity index (χ1n) is 10.8. The second kappa shape index (κ2) is 8.53. The van der Waals surface area contributed by atoms with E-state index in [4.69, 9.17) is 0 Å². The first kappa shape index (κ1) is 19.8. The van der Waals surface area contributed by atoms with E-state index in [0.29, 0.717) is 0 Å². The molecule has 1 aliphatic rings. The largest absolute Gasteiger partial charge is 0.294 e. The van der Waals surface area contributed by atoms with Gasteiger partial charge < -0.3 is 0 Å². The Bertz CT molecular complexity index is 1120. The topological polar surface area (TPSA) is 17.1 Å². The molecule has 0 fully saturated rings. The number of ketones is 1. The van der Waals surface area contributed by atoms with E-state index in [9.17, 15) is 4.79 Å². The second-order valence-corrected chi connectivity index (χ2v) is 11.4. The van der Waals surface area contributed by atoms with Gasteiger partial charge in [-0.15, -0.1) is 0 Å². The van der Waals surface area contributed by atoms with Crippen LogP contribution in [0.4, 0.5) is 0 Å². The van der Waals surface area contributed by atoms with Gasteiger partial charge in [-0.2, -0.15) is 0 Å². The van der Waals surface area contributed by atoms with Crippen LogP contribution in [0, 0.1) is 5.92 Å². The predicted octanol–water partition coefficient (Wildman–Crippen LogP) is 4.77. The molecule has 4 aromatic carbocycles. The summed E-state index contributed by atoms with van der Waals surface area (Å²) in [5.74, 6) is 2.39. The Balaban J connectivity index is 1.72. The third-order valence-electron chi connectivity index (χ3n) is 6.26. The molecule has 0 bridgehead atoms. The summed E-state index contributed by atoms with van der Waals surface area (Å²) >= 11 is 0. The van der Waals surface area contributed by atoms with Gasteiger partial charge in [0.25, 0.3) is 0 Å². The first-order valence-corrected chi connectivity index (χ1v) is 12.7. The molecule has 2 heteroatoms. The van der Waals surface area contributed by atoms with Crippen molar-refractivity contribution in [3.63, 3.8) is 0 Å². The Morgan fingerprint density at radius 3 is 1.32 bits per heavy atom. The molecule has 0 aromatic heterocycles. The van der Waals surface area contributed by atoms with Crippen LogP contribution < -0.4 is 15.9 Å². The van der Waals surface area contributed by atoms with Crippen LogP contribution in [-0.2, 0) is 17.6 Å². The van der Waals surface area contributed by atoms with Crippen molar-refractivity contribution < 1.29 is 4.79 Å². The molecule has 0 heterocycles. The van der Waals surface area contributed by atoms with Gasteiger partial charge in [0.1, 0.15) is 0 Å². The lowest BCUT2D eigenvalue weighted by Crippen LogP contribution is -2.30. The lowest BCUT2D eigenvalue weighted by Gasteiger charge is -2.29. The van der Waals surface area contributed by atoms with Crippen LogP contribution in [-0.4, -0.2) is 11.6 Å². The summed E-state index contributed by atoms with van der Waals surface area (Å²) in [5.41, 5.74) is 2.63. The van der Waals surface area contributed by atoms with Gasteiger partial charge in [-0.25, -0.2) is 0 Å². The summed E-state index contributed by atoms with van der Waals surface area (Å²) in [6.45, 7) is -2.23. The van der Waals surface area contributed by atoms with E-state index in [0.717, 1.165) is 12.8 Å². The van der Waals surface area contributed by atoms with Crippen molar-refractivity contribution in [3.05, 3.63) is 126 Å². The van der Waals surface area contributed by atoms with Crippen molar-refractivity contribution in [2.75, 3.05) is 0 Å². The molecule has 0 saturated heterocycles. The molecular weight excluding hydrogens is 395 g/mol. The molecule has 0 unspecified atom stereocenters. The Hall–Kier alpha value is -3.15. The number of rotatable bonds is 5. The van der Waals surface area contributed by atoms with Gasteiger partial charge >= 0.3 is 0 Å². The maximum atomic E-state index is 13.8. The van der Waals surface area contributed by atoms with Crippen molar-refractivity contribution in [2.45, 2.75) is 12.8 Å². The fourth-order valence-corrected chi connectivity index (χ4v) is 8.58. The molecule has 0 saturated carbocycles. The van der Waals surface area contributed by atoms with E-state index in [1.807, 2.05) is 18.2 Å². The van der Waals surface area contributed by atoms with E-state index in [1.54, 1.807) is 0 Å². The minimum absolute atomic E-state index is 0.0212. The van der Waals surface area contributed by atoms with Gasteiger partial charge in [-0.05, 0) is 52.6 Å². The van der Waals surface area contributed by atoms with Crippen LogP contribution in [0.2, 0.25) is 0 Å². The molecule has 0 atom stereocenters.